The number of allylic oxidation sites excluding steroid dienone is 2. The molecular weight excluding hydrogens is 470 g/mol. The average molecular weight is 516 g/mol. The molecule has 0 aromatic heterocycles. The molecule has 10 heteroatoms. The van der Waals surface area contributed by atoms with Crippen LogP contribution in [-0.2, 0) is 38.1 Å². The fraction of sp³-hybridized carbons (Fsp3) is 0.769. The van der Waals surface area contributed by atoms with Gasteiger partial charge in [-0.05, 0) is 57.9 Å². The third kappa shape index (κ3) is 17.0. The molecule has 1 heterocycles. The summed E-state index contributed by atoms with van der Waals surface area (Å²) < 4.78 is 20.3. The molecule has 2 aliphatic carbocycles. The fourth-order valence-electron chi connectivity index (χ4n) is 4.00. The van der Waals surface area contributed by atoms with Gasteiger partial charge in [-0.1, -0.05) is 12.2 Å². The molecule has 4 atom stereocenters. The second kappa shape index (κ2) is 20.7. The number of piperidine rings is 1. The lowest BCUT2D eigenvalue weighted by molar-refractivity contribution is -0.168. The maximum atomic E-state index is 10.8. The monoisotopic (exact) mass is 515 g/mol. The Balaban J connectivity index is 0.000000526. The highest BCUT2D eigenvalue weighted by Crippen LogP contribution is 2.24. The summed E-state index contributed by atoms with van der Waals surface area (Å²) >= 11 is 0. The number of ether oxygens (including phenoxy) is 4. The van der Waals surface area contributed by atoms with Crippen molar-refractivity contribution in [1.82, 2.24) is 5.32 Å². The lowest BCUT2D eigenvalue weighted by atomic mass is 9.94. The van der Waals surface area contributed by atoms with Gasteiger partial charge in [0, 0.05) is 47.8 Å². The van der Waals surface area contributed by atoms with Gasteiger partial charge in [0.2, 0.25) is 0 Å². The lowest BCUT2D eigenvalue weighted by Gasteiger charge is -2.30. The van der Waals surface area contributed by atoms with Crippen LogP contribution in [0, 0.1) is 0 Å². The predicted molar refractivity (Wildman–Crippen MR) is 134 cm³/mol. The Morgan fingerprint density at radius 2 is 0.972 bits per heavy atom. The van der Waals surface area contributed by atoms with E-state index in [-0.39, 0.29) is 48.3 Å². The maximum Gasteiger partial charge on any atom is 0.303 e. The van der Waals surface area contributed by atoms with Crippen molar-refractivity contribution in [2.45, 2.75) is 110 Å². The molecule has 3 aliphatic rings. The minimum Gasteiger partial charge on any atom is -0.459 e. The largest absolute Gasteiger partial charge is 0.459 e. The summed E-state index contributed by atoms with van der Waals surface area (Å²) in [5, 5.41) is 10.1. The first kappa shape index (κ1) is 33.5. The van der Waals surface area contributed by atoms with Crippen LogP contribution in [0.3, 0.4) is 0 Å². The minimum atomic E-state index is -0.356. The highest BCUT2D eigenvalue weighted by molar-refractivity contribution is 5.68. The summed E-state index contributed by atoms with van der Waals surface area (Å²) in [6, 6.07) is 0. The number of nitrogens with one attached hydrogen (secondary N) is 1. The SMILES string of the molecule is C1=CCCCC1.CC(=O)O[C@H]1CCCC[C@@H]1OC(C)=O.CC(=O)O[C@H]1CCNC[C@@H]1OC(C)=O.CO. The zero-order valence-corrected chi connectivity index (χ0v) is 22.5. The summed E-state index contributed by atoms with van der Waals surface area (Å²) in [5.74, 6) is -1.31. The summed E-state index contributed by atoms with van der Waals surface area (Å²) in [5.41, 5.74) is 0. The molecule has 2 fully saturated rings. The fourth-order valence-corrected chi connectivity index (χ4v) is 4.00. The molecule has 0 amide bonds. The number of carbonyl (C=O) groups excluding carboxylic acids is 4. The molecule has 1 aliphatic heterocycles. The van der Waals surface area contributed by atoms with E-state index in [1.807, 2.05) is 0 Å². The summed E-state index contributed by atoms with van der Waals surface area (Å²) in [4.78, 5) is 43.1. The van der Waals surface area contributed by atoms with Crippen LogP contribution in [0.4, 0.5) is 0 Å². The highest BCUT2D eigenvalue weighted by atomic mass is 16.6. The average Bonchev–Trinajstić information content (AvgIpc) is 2.84. The van der Waals surface area contributed by atoms with E-state index in [1.54, 1.807) is 0 Å². The predicted octanol–water partition coefficient (Wildman–Crippen LogP) is 2.99. The van der Waals surface area contributed by atoms with Crippen LogP contribution in [0.5, 0.6) is 0 Å². The summed E-state index contributed by atoms with van der Waals surface area (Å²) in [6.45, 7) is 6.76. The van der Waals surface area contributed by atoms with Gasteiger partial charge in [-0.3, -0.25) is 19.2 Å². The van der Waals surface area contributed by atoms with Gasteiger partial charge in [-0.25, -0.2) is 0 Å². The van der Waals surface area contributed by atoms with Crippen molar-refractivity contribution in [1.29, 1.82) is 0 Å². The Bertz CT molecular complexity index is 576. The standard InChI is InChI=1S/C10H16O4.C9H15NO4.C6H10.CH4O/c1-7(11)13-9-5-3-4-6-10(9)14-8(2)12;1-6(11)13-8-3-4-10-5-9(8)14-7(2)12;1-2-4-6-5-3-1;1-2/h9-10H,3-6H2,1-2H3;8-10H,3-5H2,1-2H3;1-2H,3-6H2;2H,1H3/t9-,10-;8-,9-;;/m00../s1. The first-order valence-electron chi connectivity index (χ1n) is 12.7. The second-order valence-corrected chi connectivity index (χ2v) is 8.62. The topological polar surface area (TPSA) is 137 Å². The molecule has 3 rings (SSSR count). The molecule has 1 saturated heterocycles. The Hall–Kier alpha value is -2.46. The van der Waals surface area contributed by atoms with Crippen LogP contribution in [-0.4, -0.2) is 73.6 Å². The number of esters is 4. The van der Waals surface area contributed by atoms with Gasteiger partial charge in [0.05, 0.1) is 0 Å². The molecule has 10 nitrogen and oxygen atoms in total. The first-order valence-corrected chi connectivity index (χ1v) is 12.7. The van der Waals surface area contributed by atoms with Crippen molar-refractivity contribution in [3.8, 4) is 0 Å². The summed E-state index contributed by atoms with van der Waals surface area (Å²) in [6.07, 6.45) is 13.1. The number of carbonyl (C=O) groups is 4. The van der Waals surface area contributed by atoms with Gasteiger partial charge in [0.1, 0.15) is 18.3 Å². The van der Waals surface area contributed by atoms with E-state index in [9.17, 15) is 19.2 Å². The van der Waals surface area contributed by atoms with Crippen molar-refractivity contribution in [2.24, 2.45) is 0 Å². The Morgan fingerprint density at radius 3 is 1.31 bits per heavy atom. The lowest BCUT2D eigenvalue weighted by Crippen LogP contribution is -2.48. The van der Waals surface area contributed by atoms with Crippen molar-refractivity contribution in [3.05, 3.63) is 12.2 Å². The maximum absolute atomic E-state index is 10.8. The zero-order chi connectivity index (χ0) is 27.3. The van der Waals surface area contributed by atoms with E-state index in [0.29, 0.717) is 13.0 Å². The van der Waals surface area contributed by atoms with Crippen LogP contribution in [0.15, 0.2) is 12.2 Å². The van der Waals surface area contributed by atoms with E-state index >= 15 is 0 Å². The molecule has 0 bridgehead atoms. The molecule has 2 N–H and O–H groups in total. The van der Waals surface area contributed by atoms with E-state index in [4.69, 9.17) is 24.1 Å². The Labute approximate surface area is 215 Å². The van der Waals surface area contributed by atoms with Crippen LogP contribution >= 0.6 is 0 Å². The highest BCUT2D eigenvalue weighted by Gasteiger charge is 2.30. The van der Waals surface area contributed by atoms with Gasteiger partial charge in [0.25, 0.3) is 0 Å². The third-order valence-corrected chi connectivity index (χ3v) is 5.44. The van der Waals surface area contributed by atoms with Crippen molar-refractivity contribution in [2.75, 3.05) is 20.2 Å². The zero-order valence-electron chi connectivity index (χ0n) is 22.5. The van der Waals surface area contributed by atoms with Crippen LogP contribution in [0.25, 0.3) is 0 Å². The Kier molecular flexibility index (Phi) is 19.3. The van der Waals surface area contributed by atoms with Gasteiger partial charge in [0.15, 0.2) is 6.10 Å². The molecule has 36 heavy (non-hydrogen) atoms. The van der Waals surface area contributed by atoms with Crippen LogP contribution in [0.1, 0.15) is 85.5 Å². The molecule has 1 saturated carbocycles. The molecule has 0 unspecified atom stereocenters. The number of aliphatic hydroxyl groups is 1. The van der Waals surface area contributed by atoms with Crippen LogP contribution in [0.2, 0.25) is 0 Å². The van der Waals surface area contributed by atoms with Crippen LogP contribution < -0.4 is 5.32 Å². The summed E-state index contributed by atoms with van der Waals surface area (Å²) in [7, 11) is 1.00. The van der Waals surface area contributed by atoms with Gasteiger partial charge in [-0.2, -0.15) is 0 Å². The van der Waals surface area contributed by atoms with E-state index in [2.05, 4.69) is 17.5 Å². The molecule has 0 spiro atoms. The molecule has 0 aromatic rings. The quantitative estimate of drug-likeness (QED) is 0.326. The van der Waals surface area contributed by atoms with Gasteiger partial charge < -0.3 is 29.4 Å². The Morgan fingerprint density at radius 1 is 0.611 bits per heavy atom. The van der Waals surface area contributed by atoms with Crippen molar-refractivity contribution < 1.29 is 43.2 Å². The number of rotatable bonds is 4. The third-order valence-electron chi connectivity index (χ3n) is 5.44. The van der Waals surface area contributed by atoms with E-state index in [0.717, 1.165) is 39.3 Å². The number of hydrogen-bond donors (Lipinski definition) is 2. The normalized spacial score (nSPS) is 24.5. The number of aliphatic hydroxyl groups excluding tert-OH is 1. The number of hydrogen-bond acceptors (Lipinski definition) is 10. The molecular formula is C26H45NO9. The minimum absolute atomic E-state index is 0.245. The smallest absolute Gasteiger partial charge is 0.303 e. The van der Waals surface area contributed by atoms with E-state index < -0.39 is 0 Å². The second-order valence-electron chi connectivity index (χ2n) is 8.62. The van der Waals surface area contributed by atoms with Gasteiger partial charge in [-0.15, -0.1) is 0 Å². The van der Waals surface area contributed by atoms with Crippen molar-refractivity contribution >= 4 is 23.9 Å². The molecule has 208 valence electrons. The molecule has 0 radical (unpaired) electrons. The van der Waals surface area contributed by atoms with Gasteiger partial charge >= 0.3 is 23.9 Å². The first-order chi connectivity index (χ1) is 17.2. The van der Waals surface area contributed by atoms with Crippen molar-refractivity contribution in [3.63, 3.8) is 0 Å². The van der Waals surface area contributed by atoms with E-state index in [1.165, 1.54) is 53.4 Å². The molecule has 0 aromatic carbocycles.